The van der Waals surface area contributed by atoms with Gasteiger partial charge in [0.2, 0.25) is 10.0 Å². The van der Waals surface area contributed by atoms with Crippen LogP contribution in [0.25, 0.3) is 0 Å². The van der Waals surface area contributed by atoms with Crippen molar-refractivity contribution < 1.29 is 17.5 Å². The smallest absolute Gasteiger partial charge is 0.212 e. The highest BCUT2D eigenvalue weighted by molar-refractivity contribution is 7.89. The Bertz CT molecular complexity index is 669. The van der Waals surface area contributed by atoms with Crippen LogP contribution in [0.3, 0.4) is 0 Å². The van der Waals surface area contributed by atoms with E-state index >= 15 is 0 Å². The minimum atomic E-state index is -3.39. The molecule has 0 atom stereocenters. The second-order valence-electron chi connectivity index (χ2n) is 7.51. The van der Waals surface area contributed by atoms with E-state index in [0.29, 0.717) is 24.5 Å². The summed E-state index contributed by atoms with van der Waals surface area (Å²) in [5.74, 6) is 0.419. The number of ether oxygens (including phenoxy) is 1. The fourth-order valence-electron chi connectivity index (χ4n) is 2.71. The van der Waals surface area contributed by atoms with E-state index in [4.69, 9.17) is 4.74 Å². The number of hydrogen-bond donors (Lipinski definition) is 1. The van der Waals surface area contributed by atoms with Gasteiger partial charge in [-0.2, -0.15) is 0 Å². The van der Waals surface area contributed by atoms with Crippen molar-refractivity contribution in [2.45, 2.75) is 64.8 Å². The summed E-state index contributed by atoms with van der Waals surface area (Å²) in [7, 11) is -3.39. The lowest BCUT2D eigenvalue weighted by Crippen LogP contribution is -2.42. The van der Waals surface area contributed by atoms with Crippen LogP contribution >= 0.6 is 0 Å². The van der Waals surface area contributed by atoms with Crippen LogP contribution in [0.1, 0.15) is 64.9 Å². The molecule has 0 heterocycles. The summed E-state index contributed by atoms with van der Waals surface area (Å²) in [5.41, 5.74) is -0.133. The zero-order valence-corrected chi connectivity index (χ0v) is 16.3. The Morgan fingerprint density at radius 3 is 2.60 bits per heavy atom. The summed E-state index contributed by atoms with van der Waals surface area (Å²) >= 11 is 0. The Morgan fingerprint density at radius 2 is 1.96 bits per heavy atom. The molecule has 0 radical (unpaired) electrons. The van der Waals surface area contributed by atoms with E-state index in [0.717, 1.165) is 32.1 Å². The molecule has 142 valence electrons. The largest absolute Gasteiger partial charge is 0.490 e. The van der Waals surface area contributed by atoms with Crippen molar-refractivity contribution in [2.75, 3.05) is 12.4 Å². The van der Waals surface area contributed by atoms with Gasteiger partial charge in [0, 0.05) is 0 Å². The molecule has 1 saturated carbocycles. The van der Waals surface area contributed by atoms with Gasteiger partial charge in [0.25, 0.3) is 0 Å². The Kier molecular flexibility index (Phi) is 6.86. The molecule has 2 rings (SSSR count). The molecule has 0 aliphatic heterocycles. The predicted molar refractivity (Wildman–Crippen MR) is 98.7 cm³/mol. The number of rotatable bonds is 11. The first kappa shape index (κ1) is 20.2. The van der Waals surface area contributed by atoms with Gasteiger partial charge in [-0.05, 0) is 56.7 Å². The molecule has 1 N–H and O–H groups in total. The molecule has 0 amide bonds. The van der Waals surface area contributed by atoms with Crippen molar-refractivity contribution in [1.29, 1.82) is 0 Å². The van der Waals surface area contributed by atoms with Crippen molar-refractivity contribution in [3.63, 3.8) is 0 Å². The number of sulfonamides is 1. The van der Waals surface area contributed by atoms with Crippen molar-refractivity contribution in [1.82, 2.24) is 4.72 Å². The Hall–Kier alpha value is -1.14. The maximum Gasteiger partial charge on any atom is 0.212 e. The van der Waals surface area contributed by atoms with E-state index in [1.807, 2.05) is 0 Å². The predicted octanol–water partition coefficient (Wildman–Crippen LogP) is 4.35. The van der Waals surface area contributed by atoms with Gasteiger partial charge in [0.15, 0.2) is 11.6 Å². The summed E-state index contributed by atoms with van der Waals surface area (Å²) in [6, 6.07) is 4.56. The topological polar surface area (TPSA) is 55.4 Å². The number of benzene rings is 1. The first-order valence-electron chi connectivity index (χ1n) is 9.18. The lowest BCUT2D eigenvalue weighted by molar-refractivity contribution is 0.284. The van der Waals surface area contributed by atoms with Gasteiger partial charge < -0.3 is 4.74 Å². The van der Waals surface area contributed by atoms with Gasteiger partial charge in [0.05, 0.1) is 17.9 Å². The molecule has 0 bridgehead atoms. The summed E-state index contributed by atoms with van der Waals surface area (Å²) < 4.78 is 46.9. The van der Waals surface area contributed by atoms with Crippen LogP contribution in [-0.4, -0.2) is 20.8 Å². The highest BCUT2D eigenvalue weighted by Gasteiger charge is 2.28. The molecule has 0 aromatic heterocycles. The van der Waals surface area contributed by atoms with Crippen LogP contribution in [-0.2, 0) is 15.6 Å². The van der Waals surface area contributed by atoms with Crippen LogP contribution in [0, 0.1) is 11.7 Å². The maximum atomic E-state index is 13.9. The highest BCUT2D eigenvalue weighted by atomic mass is 32.2. The van der Waals surface area contributed by atoms with Gasteiger partial charge in [-0.15, -0.1) is 0 Å². The van der Waals surface area contributed by atoms with Crippen molar-refractivity contribution in [2.24, 2.45) is 5.92 Å². The molecule has 6 heteroatoms. The van der Waals surface area contributed by atoms with Crippen LogP contribution < -0.4 is 9.46 Å². The SMILES string of the molecule is CCCCCCS(=O)(=O)NC(C)(C)c1ccc(F)c(OCC2CC2)c1. The van der Waals surface area contributed by atoms with Gasteiger partial charge in [-0.25, -0.2) is 17.5 Å². The van der Waals surface area contributed by atoms with E-state index in [9.17, 15) is 12.8 Å². The number of halogens is 1. The second kappa shape index (κ2) is 8.49. The van der Waals surface area contributed by atoms with Crippen LogP contribution in [0.2, 0.25) is 0 Å². The van der Waals surface area contributed by atoms with Crippen molar-refractivity contribution in [3.05, 3.63) is 29.6 Å². The number of hydrogen-bond acceptors (Lipinski definition) is 3. The van der Waals surface area contributed by atoms with E-state index in [2.05, 4.69) is 11.6 Å². The quantitative estimate of drug-likeness (QED) is 0.588. The van der Waals surface area contributed by atoms with Gasteiger partial charge in [-0.3, -0.25) is 0 Å². The van der Waals surface area contributed by atoms with E-state index in [1.165, 1.54) is 6.07 Å². The minimum absolute atomic E-state index is 0.114. The van der Waals surface area contributed by atoms with Gasteiger partial charge in [0.1, 0.15) is 0 Å². The third-order valence-electron chi connectivity index (χ3n) is 4.50. The Labute approximate surface area is 151 Å². The Morgan fingerprint density at radius 1 is 1.24 bits per heavy atom. The molecular weight excluding hydrogens is 341 g/mol. The zero-order chi connectivity index (χ0) is 18.5. The van der Waals surface area contributed by atoms with Crippen LogP contribution in [0.15, 0.2) is 18.2 Å². The first-order chi connectivity index (χ1) is 11.7. The standard InChI is InChI=1S/C19H30FNO3S/c1-4-5-6-7-12-25(22,23)21-19(2,3)16-10-11-17(20)18(13-16)24-14-15-8-9-15/h10-11,13,15,21H,4-9,12,14H2,1-3H3. The molecule has 0 saturated heterocycles. The van der Waals surface area contributed by atoms with E-state index < -0.39 is 21.4 Å². The molecule has 25 heavy (non-hydrogen) atoms. The summed E-state index contributed by atoms with van der Waals surface area (Å²) in [4.78, 5) is 0. The summed E-state index contributed by atoms with van der Waals surface area (Å²) in [6.45, 7) is 6.18. The van der Waals surface area contributed by atoms with Crippen LogP contribution in [0.5, 0.6) is 5.75 Å². The molecule has 4 nitrogen and oxygen atoms in total. The molecule has 1 aliphatic carbocycles. The summed E-state index contributed by atoms with van der Waals surface area (Å²) in [5, 5.41) is 0. The monoisotopic (exact) mass is 371 g/mol. The third-order valence-corrected chi connectivity index (χ3v) is 6.15. The zero-order valence-electron chi connectivity index (χ0n) is 15.5. The average molecular weight is 372 g/mol. The molecular formula is C19H30FNO3S. The van der Waals surface area contributed by atoms with Crippen molar-refractivity contribution in [3.8, 4) is 5.75 Å². The van der Waals surface area contributed by atoms with Crippen LogP contribution in [0.4, 0.5) is 4.39 Å². The number of unbranched alkanes of at least 4 members (excludes halogenated alkanes) is 3. The molecule has 1 aromatic rings. The first-order valence-corrected chi connectivity index (χ1v) is 10.8. The minimum Gasteiger partial charge on any atom is -0.490 e. The molecule has 1 aliphatic rings. The van der Waals surface area contributed by atoms with Crippen molar-refractivity contribution >= 4 is 10.0 Å². The van der Waals surface area contributed by atoms with Gasteiger partial charge >= 0.3 is 0 Å². The summed E-state index contributed by atoms with van der Waals surface area (Å²) in [6.07, 6.45) is 5.93. The Balaban J connectivity index is 2.02. The highest BCUT2D eigenvalue weighted by Crippen LogP contribution is 2.32. The fraction of sp³-hybridized carbons (Fsp3) is 0.684. The lowest BCUT2D eigenvalue weighted by atomic mass is 9.95. The second-order valence-corrected chi connectivity index (χ2v) is 9.35. The lowest BCUT2D eigenvalue weighted by Gasteiger charge is -2.27. The van der Waals surface area contributed by atoms with Gasteiger partial charge in [-0.1, -0.05) is 32.3 Å². The maximum absolute atomic E-state index is 13.9. The van der Waals surface area contributed by atoms with E-state index in [-0.39, 0.29) is 11.5 Å². The molecule has 0 unspecified atom stereocenters. The molecule has 0 spiro atoms. The molecule has 1 aromatic carbocycles. The number of nitrogens with one attached hydrogen (secondary N) is 1. The average Bonchev–Trinajstić information content (AvgIpc) is 3.34. The third kappa shape index (κ3) is 6.59. The normalized spacial score (nSPS) is 15.4. The molecule has 1 fully saturated rings. The van der Waals surface area contributed by atoms with E-state index in [1.54, 1.807) is 26.0 Å². The fourth-order valence-corrected chi connectivity index (χ4v) is 4.29.